The van der Waals surface area contributed by atoms with E-state index in [4.69, 9.17) is 16.3 Å². The van der Waals surface area contributed by atoms with Crippen LogP contribution in [0.25, 0.3) is 0 Å². The summed E-state index contributed by atoms with van der Waals surface area (Å²) in [5, 5.41) is 6.26. The van der Waals surface area contributed by atoms with Crippen LogP contribution in [0.3, 0.4) is 0 Å². The molecule has 0 fully saturated rings. The van der Waals surface area contributed by atoms with E-state index in [0.717, 1.165) is 0 Å². The number of esters is 1. The zero-order chi connectivity index (χ0) is 14.8. The number of halogens is 1. The van der Waals surface area contributed by atoms with E-state index < -0.39 is 0 Å². The molecule has 0 bridgehead atoms. The van der Waals surface area contributed by atoms with E-state index >= 15 is 0 Å². The normalized spacial score (nSPS) is 10.1. The molecule has 0 unspecified atom stereocenters. The van der Waals surface area contributed by atoms with E-state index in [1.165, 1.54) is 0 Å². The quantitative estimate of drug-likeness (QED) is 0.570. The minimum Gasteiger partial charge on any atom is -0.466 e. The second-order valence-corrected chi connectivity index (χ2v) is 4.58. The molecule has 0 aliphatic heterocycles. The molecule has 0 spiro atoms. The summed E-state index contributed by atoms with van der Waals surface area (Å²) >= 11 is 5.82. The van der Waals surface area contributed by atoms with Crippen molar-refractivity contribution in [1.29, 1.82) is 0 Å². The molecule has 0 saturated heterocycles. The number of rotatable bonds is 8. The summed E-state index contributed by atoms with van der Waals surface area (Å²) < 4.78 is 4.80. The van der Waals surface area contributed by atoms with Gasteiger partial charge in [0.15, 0.2) is 0 Å². The van der Waals surface area contributed by atoms with Crippen LogP contribution in [-0.4, -0.2) is 31.6 Å². The van der Waals surface area contributed by atoms with Gasteiger partial charge in [-0.2, -0.15) is 0 Å². The summed E-state index contributed by atoms with van der Waals surface area (Å²) in [5.41, 5.74) is 0.663. The Balaban J connectivity index is 2.13. The maximum Gasteiger partial charge on any atom is 0.305 e. The van der Waals surface area contributed by atoms with Crippen LogP contribution in [0.1, 0.15) is 19.8 Å². The maximum atomic E-state index is 11.6. The number of ether oxygens (including phenoxy) is 1. The van der Waals surface area contributed by atoms with Crippen molar-refractivity contribution >= 4 is 29.2 Å². The zero-order valence-corrected chi connectivity index (χ0v) is 12.2. The fourth-order valence-corrected chi connectivity index (χ4v) is 1.75. The fourth-order valence-electron chi connectivity index (χ4n) is 1.56. The lowest BCUT2D eigenvalue weighted by molar-refractivity contribution is -0.143. The predicted molar refractivity (Wildman–Crippen MR) is 78.8 cm³/mol. The van der Waals surface area contributed by atoms with E-state index in [-0.39, 0.29) is 18.4 Å². The van der Waals surface area contributed by atoms with Gasteiger partial charge in [0.05, 0.1) is 13.2 Å². The number of nitrogens with one attached hydrogen (secondary N) is 2. The van der Waals surface area contributed by atoms with Gasteiger partial charge in [0.2, 0.25) is 5.91 Å². The Morgan fingerprint density at radius 1 is 1.35 bits per heavy atom. The zero-order valence-electron chi connectivity index (χ0n) is 11.4. The van der Waals surface area contributed by atoms with Crippen molar-refractivity contribution in [2.75, 3.05) is 25.0 Å². The average Bonchev–Trinajstić information content (AvgIpc) is 2.38. The van der Waals surface area contributed by atoms with Crippen molar-refractivity contribution in [3.05, 3.63) is 29.3 Å². The molecule has 0 radical (unpaired) electrons. The largest absolute Gasteiger partial charge is 0.466 e. The van der Waals surface area contributed by atoms with Gasteiger partial charge < -0.3 is 15.4 Å². The molecular formula is C14H19ClN2O3. The summed E-state index contributed by atoms with van der Waals surface area (Å²) in [6, 6.07) is 6.96. The fraction of sp³-hybridized carbons (Fsp3) is 0.429. The Hall–Kier alpha value is -1.59. The van der Waals surface area contributed by atoms with Crippen molar-refractivity contribution in [1.82, 2.24) is 5.32 Å². The third kappa shape index (κ3) is 7.11. The third-order valence-corrected chi connectivity index (χ3v) is 2.67. The number of hydrogen-bond acceptors (Lipinski definition) is 4. The van der Waals surface area contributed by atoms with Crippen LogP contribution >= 0.6 is 11.6 Å². The van der Waals surface area contributed by atoms with Crippen molar-refractivity contribution in [2.24, 2.45) is 0 Å². The van der Waals surface area contributed by atoms with E-state index in [0.29, 0.717) is 36.7 Å². The molecule has 0 heterocycles. The molecule has 5 nitrogen and oxygen atoms in total. The summed E-state index contributed by atoms with van der Waals surface area (Å²) in [6.45, 7) is 2.95. The number of carbonyl (C=O) groups excluding carboxylic acids is 2. The van der Waals surface area contributed by atoms with E-state index in [2.05, 4.69) is 10.6 Å². The monoisotopic (exact) mass is 298 g/mol. The highest BCUT2D eigenvalue weighted by atomic mass is 35.5. The second-order valence-electron chi connectivity index (χ2n) is 4.14. The molecule has 0 saturated carbocycles. The first-order valence-corrected chi connectivity index (χ1v) is 6.91. The van der Waals surface area contributed by atoms with E-state index in [1.807, 2.05) is 0 Å². The molecule has 0 aromatic heterocycles. The molecule has 20 heavy (non-hydrogen) atoms. The highest BCUT2D eigenvalue weighted by molar-refractivity contribution is 6.30. The van der Waals surface area contributed by atoms with Gasteiger partial charge in [-0.25, -0.2) is 0 Å². The molecule has 0 atom stereocenters. The number of benzene rings is 1. The SMILES string of the molecule is CCOC(=O)CCCNCC(=O)Nc1cccc(Cl)c1. The van der Waals surface area contributed by atoms with Crippen molar-refractivity contribution in [3.8, 4) is 0 Å². The highest BCUT2D eigenvalue weighted by Crippen LogP contribution is 2.14. The van der Waals surface area contributed by atoms with Crippen LogP contribution in [0.15, 0.2) is 24.3 Å². The topological polar surface area (TPSA) is 67.4 Å². The average molecular weight is 299 g/mol. The lowest BCUT2D eigenvalue weighted by Crippen LogP contribution is -2.29. The van der Waals surface area contributed by atoms with Crippen LogP contribution < -0.4 is 10.6 Å². The lowest BCUT2D eigenvalue weighted by Gasteiger charge is -2.07. The Bertz CT molecular complexity index is 452. The van der Waals surface area contributed by atoms with Gasteiger partial charge in [0, 0.05) is 17.1 Å². The van der Waals surface area contributed by atoms with Gasteiger partial charge in [0.25, 0.3) is 0 Å². The molecule has 2 N–H and O–H groups in total. The molecule has 1 amide bonds. The lowest BCUT2D eigenvalue weighted by atomic mass is 10.3. The van der Waals surface area contributed by atoms with Gasteiger partial charge in [-0.3, -0.25) is 9.59 Å². The second kappa shape index (κ2) is 9.34. The molecule has 1 aromatic carbocycles. The standard InChI is InChI=1S/C14H19ClN2O3/c1-2-20-14(19)7-4-8-16-10-13(18)17-12-6-3-5-11(15)9-12/h3,5-6,9,16H,2,4,7-8,10H2,1H3,(H,17,18). The summed E-state index contributed by atoms with van der Waals surface area (Å²) in [6.07, 6.45) is 1.00. The summed E-state index contributed by atoms with van der Waals surface area (Å²) in [5.74, 6) is -0.360. The van der Waals surface area contributed by atoms with Crippen molar-refractivity contribution < 1.29 is 14.3 Å². The van der Waals surface area contributed by atoms with Gasteiger partial charge in [-0.1, -0.05) is 17.7 Å². The van der Waals surface area contributed by atoms with Gasteiger partial charge in [-0.05, 0) is 38.1 Å². The first-order valence-electron chi connectivity index (χ1n) is 6.53. The smallest absolute Gasteiger partial charge is 0.305 e. The van der Waals surface area contributed by atoms with Gasteiger partial charge >= 0.3 is 5.97 Å². The minimum absolute atomic E-state index is 0.150. The maximum absolute atomic E-state index is 11.6. The summed E-state index contributed by atoms with van der Waals surface area (Å²) in [7, 11) is 0. The van der Waals surface area contributed by atoms with Crippen molar-refractivity contribution in [2.45, 2.75) is 19.8 Å². The molecule has 0 aliphatic carbocycles. The first kappa shape index (κ1) is 16.5. The van der Waals surface area contributed by atoms with Crippen LogP contribution in [0.5, 0.6) is 0 Å². The number of carbonyl (C=O) groups is 2. The highest BCUT2D eigenvalue weighted by Gasteiger charge is 2.03. The van der Waals surface area contributed by atoms with Crippen LogP contribution in [-0.2, 0) is 14.3 Å². The number of anilines is 1. The molecule has 0 aliphatic rings. The minimum atomic E-state index is -0.210. The van der Waals surface area contributed by atoms with Crippen LogP contribution in [0.4, 0.5) is 5.69 Å². The molecule has 1 rings (SSSR count). The Kier molecular flexibility index (Phi) is 7.69. The van der Waals surface area contributed by atoms with Gasteiger partial charge in [-0.15, -0.1) is 0 Å². The Labute approximate surface area is 123 Å². The summed E-state index contributed by atoms with van der Waals surface area (Å²) in [4.78, 5) is 22.7. The number of hydrogen-bond donors (Lipinski definition) is 2. The third-order valence-electron chi connectivity index (χ3n) is 2.43. The molecule has 1 aromatic rings. The predicted octanol–water partition coefficient (Wildman–Crippen LogP) is 2.21. The van der Waals surface area contributed by atoms with Crippen LogP contribution in [0.2, 0.25) is 5.02 Å². The van der Waals surface area contributed by atoms with Crippen molar-refractivity contribution in [3.63, 3.8) is 0 Å². The molecular weight excluding hydrogens is 280 g/mol. The molecule has 6 heteroatoms. The van der Waals surface area contributed by atoms with E-state index in [1.54, 1.807) is 31.2 Å². The van der Waals surface area contributed by atoms with Crippen LogP contribution in [0, 0.1) is 0 Å². The first-order chi connectivity index (χ1) is 9.61. The number of amides is 1. The van der Waals surface area contributed by atoms with Gasteiger partial charge in [0.1, 0.15) is 0 Å². The Morgan fingerprint density at radius 2 is 2.15 bits per heavy atom. The Morgan fingerprint density at radius 3 is 2.85 bits per heavy atom. The molecule has 110 valence electrons. The van der Waals surface area contributed by atoms with E-state index in [9.17, 15) is 9.59 Å².